The molecule has 3 N–H and O–H groups in total. The second-order valence-corrected chi connectivity index (χ2v) is 6.15. The van der Waals surface area contributed by atoms with E-state index in [2.05, 4.69) is 39.5 Å². The van der Waals surface area contributed by atoms with Crippen LogP contribution in [0.4, 0.5) is 5.69 Å². The average molecular weight is 498 g/mol. The van der Waals surface area contributed by atoms with E-state index in [1.54, 1.807) is 12.1 Å². The van der Waals surface area contributed by atoms with Gasteiger partial charge in [-0.3, -0.25) is 4.99 Å². The molecule has 27 heavy (non-hydrogen) atoms. The van der Waals surface area contributed by atoms with Gasteiger partial charge in [0.2, 0.25) is 11.7 Å². The molecule has 3 aromatic rings. The standard InChI is InChI=1S/C19H20ClN5O.HI/c1-2-13-4-3-5-16(12-13)23-19(21)22-11-10-17-24-18(25-26-17)14-6-8-15(20)9-7-14;/h3-9,12H,2,10-11H2,1H3,(H3,21,22,23);1H. The van der Waals surface area contributed by atoms with Crippen LogP contribution in [0.1, 0.15) is 18.4 Å². The van der Waals surface area contributed by atoms with Crippen LogP contribution in [0.5, 0.6) is 0 Å². The summed E-state index contributed by atoms with van der Waals surface area (Å²) in [6.07, 6.45) is 1.48. The summed E-state index contributed by atoms with van der Waals surface area (Å²) in [4.78, 5) is 8.66. The second kappa shape index (κ2) is 10.3. The van der Waals surface area contributed by atoms with Gasteiger partial charge in [-0.2, -0.15) is 4.98 Å². The minimum Gasteiger partial charge on any atom is -0.370 e. The van der Waals surface area contributed by atoms with Gasteiger partial charge < -0.3 is 15.6 Å². The molecule has 0 saturated heterocycles. The molecule has 0 fully saturated rings. The van der Waals surface area contributed by atoms with Gasteiger partial charge >= 0.3 is 0 Å². The van der Waals surface area contributed by atoms with Crippen molar-refractivity contribution in [2.24, 2.45) is 10.7 Å². The zero-order chi connectivity index (χ0) is 18.4. The van der Waals surface area contributed by atoms with Crippen molar-refractivity contribution >= 4 is 47.2 Å². The molecule has 0 saturated carbocycles. The Morgan fingerprint density at radius 2 is 2.00 bits per heavy atom. The Balaban J connectivity index is 0.00000261. The Hall–Kier alpha value is -2.13. The number of rotatable bonds is 6. The van der Waals surface area contributed by atoms with E-state index in [0.29, 0.717) is 35.7 Å². The van der Waals surface area contributed by atoms with Crippen molar-refractivity contribution in [1.82, 2.24) is 10.1 Å². The van der Waals surface area contributed by atoms with Gasteiger partial charge in [-0.05, 0) is 48.4 Å². The number of halogens is 2. The summed E-state index contributed by atoms with van der Waals surface area (Å²) in [5, 5.41) is 7.73. The Bertz CT molecular complexity index is 895. The Labute approximate surface area is 180 Å². The Kier molecular flexibility index (Phi) is 8.05. The van der Waals surface area contributed by atoms with Gasteiger partial charge in [0.25, 0.3) is 0 Å². The highest BCUT2D eigenvalue weighted by Gasteiger charge is 2.08. The third-order valence-corrected chi connectivity index (χ3v) is 4.04. The van der Waals surface area contributed by atoms with Crippen molar-refractivity contribution in [3.05, 3.63) is 65.0 Å². The van der Waals surface area contributed by atoms with Crippen molar-refractivity contribution in [2.75, 3.05) is 11.9 Å². The number of nitrogens with one attached hydrogen (secondary N) is 1. The summed E-state index contributed by atoms with van der Waals surface area (Å²) in [6.45, 7) is 2.56. The molecule has 1 heterocycles. The van der Waals surface area contributed by atoms with Crippen LogP contribution in [0.3, 0.4) is 0 Å². The summed E-state index contributed by atoms with van der Waals surface area (Å²) in [5.41, 5.74) is 8.95. The molecule has 0 bridgehead atoms. The van der Waals surface area contributed by atoms with E-state index in [1.807, 2.05) is 24.3 Å². The van der Waals surface area contributed by atoms with E-state index in [-0.39, 0.29) is 24.0 Å². The highest BCUT2D eigenvalue weighted by Crippen LogP contribution is 2.18. The highest BCUT2D eigenvalue weighted by molar-refractivity contribution is 14.0. The van der Waals surface area contributed by atoms with Crippen LogP contribution in [0.25, 0.3) is 11.4 Å². The number of hydrogen-bond acceptors (Lipinski definition) is 4. The largest absolute Gasteiger partial charge is 0.370 e. The molecule has 6 nitrogen and oxygen atoms in total. The fraction of sp³-hybridized carbons (Fsp3) is 0.211. The molecule has 0 amide bonds. The minimum absolute atomic E-state index is 0. The molecule has 0 atom stereocenters. The van der Waals surface area contributed by atoms with E-state index < -0.39 is 0 Å². The first kappa shape index (κ1) is 21.2. The van der Waals surface area contributed by atoms with Crippen LogP contribution in [0.15, 0.2) is 58.0 Å². The van der Waals surface area contributed by atoms with Crippen LogP contribution < -0.4 is 11.1 Å². The highest BCUT2D eigenvalue weighted by atomic mass is 127. The molecule has 142 valence electrons. The molecule has 1 aromatic heterocycles. The van der Waals surface area contributed by atoms with E-state index in [4.69, 9.17) is 21.9 Å². The lowest BCUT2D eigenvalue weighted by atomic mass is 10.1. The molecule has 0 aliphatic carbocycles. The van der Waals surface area contributed by atoms with Gasteiger partial charge in [-0.1, -0.05) is 35.8 Å². The normalized spacial score (nSPS) is 11.1. The molecule has 0 aliphatic rings. The molecular weight excluding hydrogens is 477 g/mol. The first-order valence-electron chi connectivity index (χ1n) is 8.38. The fourth-order valence-corrected chi connectivity index (χ4v) is 2.53. The molecular formula is C19H21ClIN5O. The molecule has 0 radical (unpaired) electrons. The lowest BCUT2D eigenvalue weighted by molar-refractivity contribution is 0.380. The summed E-state index contributed by atoms with van der Waals surface area (Å²) < 4.78 is 5.26. The monoisotopic (exact) mass is 497 g/mol. The maximum absolute atomic E-state index is 5.93. The van der Waals surface area contributed by atoms with Crippen LogP contribution in [0, 0.1) is 0 Å². The summed E-state index contributed by atoms with van der Waals surface area (Å²) in [5.74, 6) is 1.40. The fourth-order valence-electron chi connectivity index (χ4n) is 2.40. The van der Waals surface area contributed by atoms with E-state index in [0.717, 1.165) is 17.7 Å². The van der Waals surface area contributed by atoms with Gasteiger partial charge in [-0.25, -0.2) is 0 Å². The number of hydrogen-bond donors (Lipinski definition) is 2. The number of nitrogens with zero attached hydrogens (tertiary/aromatic N) is 3. The second-order valence-electron chi connectivity index (χ2n) is 5.71. The number of anilines is 1. The Morgan fingerprint density at radius 3 is 2.74 bits per heavy atom. The van der Waals surface area contributed by atoms with E-state index in [9.17, 15) is 0 Å². The number of nitrogens with two attached hydrogens (primary N) is 1. The first-order chi connectivity index (χ1) is 12.6. The van der Waals surface area contributed by atoms with Crippen molar-refractivity contribution in [3.8, 4) is 11.4 Å². The lowest BCUT2D eigenvalue weighted by Gasteiger charge is -2.06. The van der Waals surface area contributed by atoms with Crippen molar-refractivity contribution < 1.29 is 4.52 Å². The van der Waals surface area contributed by atoms with Gasteiger partial charge in [0, 0.05) is 22.7 Å². The number of aromatic nitrogens is 2. The summed E-state index contributed by atoms with van der Waals surface area (Å²) in [6, 6.07) is 15.4. The molecule has 3 rings (SSSR count). The van der Waals surface area contributed by atoms with Crippen molar-refractivity contribution in [1.29, 1.82) is 0 Å². The third-order valence-electron chi connectivity index (χ3n) is 3.79. The zero-order valence-corrected chi connectivity index (χ0v) is 17.9. The predicted molar refractivity (Wildman–Crippen MR) is 120 cm³/mol. The van der Waals surface area contributed by atoms with Crippen LogP contribution in [-0.4, -0.2) is 22.6 Å². The van der Waals surface area contributed by atoms with Crippen molar-refractivity contribution in [2.45, 2.75) is 19.8 Å². The topological polar surface area (TPSA) is 89.3 Å². The zero-order valence-electron chi connectivity index (χ0n) is 14.9. The predicted octanol–water partition coefficient (Wildman–Crippen LogP) is 4.54. The van der Waals surface area contributed by atoms with Gasteiger partial charge in [0.05, 0.1) is 6.54 Å². The van der Waals surface area contributed by atoms with Crippen LogP contribution in [-0.2, 0) is 12.8 Å². The quantitative estimate of drug-likeness (QED) is 0.296. The van der Waals surface area contributed by atoms with Crippen LogP contribution >= 0.6 is 35.6 Å². The molecule has 0 unspecified atom stereocenters. The molecule has 0 spiro atoms. The summed E-state index contributed by atoms with van der Waals surface area (Å²) in [7, 11) is 0. The van der Waals surface area contributed by atoms with Crippen molar-refractivity contribution in [3.63, 3.8) is 0 Å². The van der Waals surface area contributed by atoms with Crippen LogP contribution in [0.2, 0.25) is 5.02 Å². The lowest BCUT2D eigenvalue weighted by Crippen LogP contribution is -2.23. The third kappa shape index (κ3) is 6.21. The number of aryl methyl sites for hydroxylation is 1. The number of aliphatic imine (C=N–C) groups is 1. The summed E-state index contributed by atoms with van der Waals surface area (Å²) >= 11 is 5.88. The average Bonchev–Trinajstić information content (AvgIpc) is 3.11. The van der Waals surface area contributed by atoms with E-state index in [1.165, 1.54) is 5.56 Å². The smallest absolute Gasteiger partial charge is 0.228 e. The van der Waals surface area contributed by atoms with Gasteiger partial charge in [0.1, 0.15) is 0 Å². The SMILES string of the molecule is CCc1cccc(NC(N)=NCCc2nc(-c3ccc(Cl)cc3)no2)c1.I. The maximum atomic E-state index is 5.93. The first-order valence-corrected chi connectivity index (χ1v) is 8.76. The maximum Gasteiger partial charge on any atom is 0.228 e. The Morgan fingerprint density at radius 1 is 1.22 bits per heavy atom. The van der Waals surface area contributed by atoms with Gasteiger partial charge in [0.15, 0.2) is 5.96 Å². The van der Waals surface area contributed by atoms with E-state index >= 15 is 0 Å². The molecule has 0 aliphatic heterocycles. The molecule has 8 heteroatoms. The molecule has 2 aromatic carbocycles. The number of benzene rings is 2. The van der Waals surface area contributed by atoms with Gasteiger partial charge in [-0.15, -0.1) is 24.0 Å². The minimum atomic E-state index is 0. The number of guanidine groups is 1.